The Morgan fingerprint density at radius 2 is 1.88 bits per heavy atom. The summed E-state index contributed by atoms with van der Waals surface area (Å²) in [5.74, 6) is 0. The number of carbonyl (C=O) groups is 1. The summed E-state index contributed by atoms with van der Waals surface area (Å²) in [4.78, 5) is 9.44. The lowest BCUT2D eigenvalue weighted by Gasteiger charge is -1.83. The van der Waals surface area contributed by atoms with E-state index in [0.29, 0.717) is 0 Å². The number of hydrogen-bond acceptors (Lipinski definition) is 4. The van der Waals surface area contributed by atoms with Gasteiger partial charge in [0, 0.05) is 0 Å². The number of carboxylic acid groups (broad SMARTS) is 1. The van der Waals surface area contributed by atoms with Gasteiger partial charge in [0.25, 0.3) is 0 Å². The maximum absolute atomic E-state index is 9.58. The van der Waals surface area contributed by atoms with Gasteiger partial charge in [0.2, 0.25) is 0 Å². The predicted molar refractivity (Wildman–Crippen MR) is 27.2 cm³/mol. The summed E-state index contributed by atoms with van der Waals surface area (Å²) in [6.45, 7) is 0. The minimum absolute atomic E-state index is 0.544. The van der Waals surface area contributed by atoms with Gasteiger partial charge in [0.1, 0.15) is 10.8 Å². The fourth-order valence-electron chi connectivity index (χ4n) is 0.0901. The van der Waals surface area contributed by atoms with Crippen LogP contribution in [-0.2, 0) is 9.15 Å². The summed E-state index contributed by atoms with van der Waals surface area (Å²) < 4.78 is 26.9. The third-order valence-electron chi connectivity index (χ3n) is 0.177. The van der Waals surface area contributed by atoms with E-state index in [9.17, 15) is 13.2 Å². The van der Waals surface area contributed by atoms with Gasteiger partial charge in [-0.05, 0) is 0 Å². The second-order valence-corrected chi connectivity index (χ2v) is 3.91. The highest BCUT2D eigenvalue weighted by molar-refractivity contribution is 8.75. The highest BCUT2D eigenvalue weighted by atomic mass is 33.1. The number of rotatable bonds is 1. The molecule has 0 bridgehead atoms. The Balaban J connectivity index is 3.95. The van der Waals surface area contributed by atoms with Crippen LogP contribution < -0.4 is 0 Å². The van der Waals surface area contributed by atoms with Crippen LogP contribution in [0.1, 0.15) is 0 Å². The molecule has 5 nitrogen and oxygen atoms in total. The first-order valence-electron chi connectivity index (χ1n) is 1.31. The zero-order chi connectivity index (χ0) is 6.78. The Kier molecular flexibility index (Phi) is 2.26. The molecule has 0 amide bonds. The van der Waals surface area contributed by atoms with Crippen molar-refractivity contribution in [3.8, 4) is 0 Å². The molecule has 8 heavy (non-hydrogen) atoms. The van der Waals surface area contributed by atoms with Gasteiger partial charge in [-0.1, -0.05) is 0 Å². The van der Waals surface area contributed by atoms with Crippen LogP contribution in [0.3, 0.4) is 0 Å². The topological polar surface area (TPSA) is 91.7 Å². The third-order valence-corrected chi connectivity index (χ3v) is 1.59. The smallest absolute Gasteiger partial charge is 0.382 e. The first kappa shape index (κ1) is 7.73. The minimum Gasteiger partial charge on any atom is -0.472 e. The molecule has 0 aliphatic rings. The molecule has 2 N–H and O–H groups in total. The van der Waals surface area contributed by atoms with Gasteiger partial charge in [-0.3, -0.25) is 4.55 Å². The van der Waals surface area contributed by atoms with Crippen molar-refractivity contribution in [2.45, 2.75) is 0 Å². The molecule has 0 fully saturated rings. The van der Waals surface area contributed by atoms with Crippen LogP contribution in [0.4, 0.5) is 4.79 Å². The van der Waals surface area contributed by atoms with E-state index in [1.165, 1.54) is 0 Å². The van der Waals surface area contributed by atoms with E-state index in [-0.39, 0.29) is 0 Å². The molecule has 0 aromatic rings. The van der Waals surface area contributed by atoms with E-state index in [1.54, 1.807) is 0 Å². The van der Waals surface area contributed by atoms with Gasteiger partial charge in [-0.15, -0.1) is 0 Å². The molecular formula is CH2O5S2. The normalized spacial score (nSPS) is 11.1. The van der Waals surface area contributed by atoms with E-state index in [0.717, 1.165) is 0 Å². The lowest BCUT2D eigenvalue weighted by Crippen LogP contribution is -1.94. The molecule has 0 atom stereocenters. The lowest BCUT2D eigenvalue weighted by atomic mass is 11.6. The summed E-state index contributed by atoms with van der Waals surface area (Å²) in [7, 11) is -4.95. The molecule has 0 rings (SSSR count). The molecule has 0 aliphatic carbocycles. The van der Waals surface area contributed by atoms with Crippen molar-refractivity contribution in [3.05, 3.63) is 0 Å². The van der Waals surface area contributed by atoms with Crippen LogP contribution in [0.25, 0.3) is 0 Å². The van der Waals surface area contributed by atoms with Gasteiger partial charge >= 0.3 is 14.5 Å². The minimum atomic E-state index is -4.41. The fourth-order valence-corrected chi connectivity index (χ4v) is 0.811. The average molecular weight is 158 g/mol. The lowest BCUT2D eigenvalue weighted by molar-refractivity contribution is 0.222. The molecule has 0 saturated carbocycles. The fraction of sp³-hybridized carbons (Fsp3) is 0. The van der Waals surface area contributed by atoms with E-state index < -0.39 is 25.2 Å². The molecule has 0 spiro atoms. The van der Waals surface area contributed by atoms with Gasteiger partial charge in [0.05, 0.1) is 0 Å². The molecule has 0 aromatic heterocycles. The Morgan fingerprint density at radius 3 is 1.88 bits per heavy atom. The van der Waals surface area contributed by atoms with Crippen LogP contribution in [0.5, 0.6) is 0 Å². The van der Waals surface area contributed by atoms with Gasteiger partial charge in [-0.25, -0.2) is 4.79 Å². The summed E-state index contributed by atoms with van der Waals surface area (Å²) in [5.41, 5.74) is 0. The first-order chi connectivity index (χ1) is 3.42. The molecule has 7 heteroatoms. The number of hydrogen-bond donors (Lipinski definition) is 2. The van der Waals surface area contributed by atoms with Gasteiger partial charge < -0.3 is 5.11 Å². The largest absolute Gasteiger partial charge is 0.472 e. The molecule has 0 unspecified atom stereocenters. The molecule has 0 saturated heterocycles. The molecule has 0 heterocycles. The Hall–Kier alpha value is -0.270. The maximum Gasteiger partial charge on any atom is 0.382 e. The van der Waals surface area contributed by atoms with E-state index in [2.05, 4.69) is 0 Å². The second kappa shape index (κ2) is 2.33. The van der Waals surface area contributed by atoms with Crippen molar-refractivity contribution in [2.24, 2.45) is 0 Å². The predicted octanol–water partition coefficient (Wildman–Crippen LogP) is 0.200. The SMILES string of the molecule is O=C(O)SS(=O)(=O)O. The maximum atomic E-state index is 9.58. The van der Waals surface area contributed by atoms with E-state index in [4.69, 9.17) is 9.66 Å². The van der Waals surface area contributed by atoms with Crippen LogP contribution in [0.15, 0.2) is 0 Å². The molecular weight excluding hydrogens is 156 g/mol. The summed E-state index contributed by atoms with van der Waals surface area (Å²) >= 11 is 0. The van der Waals surface area contributed by atoms with Crippen molar-refractivity contribution < 1.29 is 22.9 Å². The first-order valence-corrected chi connectivity index (χ1v) is 4.09. The molecule has 48 valence electrons. The summed E-state index contributed by atoms with van der Waals surface area (Å²) in [6, 6.07) is 0. The van der Waals surface area contributed by atoms with Crippen LogP contribution in [-0.4, -0.2) is 23.4 Å². The Morgan fingerprint density at radius 1 is 1.50 bits per heavy atom. The summed E-state index contributed by atoms with van der Waals surface area (Å²) in [5, 5.41) is 6.03. The van der Waals surface area contributed by atoms with Gasteiger partial charge in [-0.2, -0.15) is 8.42 Å². The molecule has 0 aliphatic heterocycles. The zero-order valence-corrected chi connectivity index (χ0v) is 5.07. The van der Waals surface area contributed by atoms with Crippen molar-refractivity contribution >= 4 is 25.2 Å². The quantitative estimate of drug-likeness (QED) is 0.418. The van der Waals surface area contributed by atoms with E-state index in [1.807, 2.05) is 0 Å². The van der Waals surface area contributed by atoms with Gasteiger partial charge in [0.15, 0.2) is 0 Å². The zero-order valence-electron chi connectivity index (χ0n) is 3.44. The van der Waals surface area contributed by atoms with Crippen LogP contribution >= 0.6 is 10.8 Å². The third kappa shape index (κ3) is 5.73. The van der Waals surface area contributed by atoms with Crippen molar-refractivity contribution in [1.82, 2.24) is 0 Å². The standard InChI is InChI=1S/CH2O5S2/c2-1(3)7-8(4,5)6/h(H,2,3)(H,4,5,6). The summed E-state index contributed by atoms with van der Waals surface area (Å²) in [6.07, 6.45) is 0. The van der Waals surface area contributed by atoms with Crippen molar-refractivity contribution in [2.75, 3.05) is 0 Å². The Bertz CT molecular complexity index is 177. The second-order valence-electron chi connectivity index (χ2n) is 0.777. The van der Waals surface area contributed by atoms with Crippen LogP contribution in [0.2, 0.25) is 0 Å². The highest BCUT2D eigenvalue weighted by Gasteiger charge is 2.11. The highest BCUT2D eigenvalue weighted by Crippen LogP contribution is 2.08. The average Bonchev–Trinajstić information content (AvgIpc) is 1.21. The van der Waals surface area contributed by atoms with Crippen molar-refractivity contribution in [3.63, 3.8) is 0 Å². The Labute approximate surface area is 48.8 Å². The molecule has 0 radical (unpaired) electrons. The van der Waals surface area contributed by atoms with E-state index >= 15 is 0 Å². The van der Waals surface area contributed by atoms with Crippen LogP contribution in [0, 0.1) is 0 Å². The van der Waals surface area contributed by atoms with Crippen molar-refractivity contribution in [1.29, 1.82) is 0 Å². The molecule has 0 aromatic carbocycles. The monoisotopic (exact) mass is 158 g/mol.